The fourth-order valence-corrected chi connectivity index (χ4v) is 2.39. The van der Waals surface area contributed by atoms with E-state index in [1.54, 1.807) is 0 Å². The van der Waals surface area contributed by atoms with Crippen LogP contribution in [0.15, 0.2) is 30.3 Å². The third-order valence-corrected chi connectivity index (χ3v) is 4.27. The van der Waals surface area contributed by atoms with E-state index in [0.29, 0.717) is 13.2 Å². The van der Waals surface area contributed by atoms with Gasteiger partial charge in [0.2, 0.25) is 0 Å². The second-order valence-corrected chi connectivity index (χ2v) is 6.05. The number of nitrogens with zero attached hydrogens (tertiary/aromatic N) is 1. The lowest BCUT2D eigenvalue weighted by Gasteiger charge is -2.19. The predicted molar refractivity (Wildman–Crippen MR) is 82.0 cm³/mol. The van der Waals surface area contributed by atoms with Crippen LogP contribution in [0, 0.1) is 0 Å². The second-order valence-electron chi connectivity index (χ2n) is 4.19. The van der Waals surface area contributed by atoms with E-state index >= 15 is 0 Å². The van der Waals surface area contributed by atoms with Crippen molar-refractivity contribution in [2.75, 3.05) is 33.9 Å². The Morgan fingerprint density at radius 3 is 2.50 bits per heavy atom. The van der Waals surface area contributed by atoms with Crippen molar-refractivity contribution in [3.63, 3.8) is 0 Å². The van der Waals surface area contributed by atoms with Crippen molar-refractivity contribution in [1.29, 1.82) is 0 Å². The van der Waals surface area contributed by atoms with Gasteiger partial charge in [-0.25, -0.2) is 4.72 Å². The minimum Gasteiger partial charge on any atom is -0.383 e. The zero-order valence-corrected chi connectivity index (χ0v) is 13.3. The fourth-order valence-electron chi connectivity index (χ4n) is 1.46. The third kappa shape index (κ3) is 6.17. The van der Waals surface area contributed by atoms with Gasteiger partial charge in [0.1, 0.15) is 0 Å². The first-order chi connectivity index (χ1) is 8.97. The predicted octanol–water partition coefficient (Wildman–Crippen LogP) is 0.521. The van der Waals surface area contributed by atoms with E-state index in [1.165, 1.54) is 18.5 Å². The average Bonchev–Trinajstić information content (AvgIpc) is 2.43. The van der Waals surface area contributed by atoms with Crippen molar-refractivity contribution in [3.05, 3.63) is 35.9 Å². The van der Waals surface area contributed by atoms with Gasteiger partial charge in [-0.3, -0.25) is 0 Å². The molecule has 0 fully saturated rings. The van der Waals surface area contributed by atoms with Crippen molar-refractivity contribution < 1.29 is 13.2 Å². The van der Waals surface area contributed by atoms with Gasteiger partial charge in [-0.1, -0.05) is 30.3 Å². The summed E-state index contributed by atoms with van der Waals surface area (Å²) in [4.78, 5) is 0. The zero-order chi connectivity index (χ0) is 14.3. The molecule has 20 heavy (non-hydrogen) atoms. The molecule has 1 aromatic carbocycles. The van der Waals surface area contributed by atoms with Gasteiger partial charge in [0, 0.05) is 33.3 Å². The highest BCUT2D eigenvalue weighted by Gasteiger charge is 2.18. The molecule has 0 bridgehead atoms. The Morgan fingerprint density at radius 2 is 1.95 bits per heavy atom. The van der Waals surface area contributed by atoms with E-state index in [9.17, 15) is 8.42 Å². The number of ether oxygens (including phenoxy) is 1. The van der Waals surface area contributed by atoms with Gasteiger partial charge in [-0.05, 0) is 5.56 Å². The van der Waals surface area contributed by atoms with E-state index in [-0.39, 0.29) is 25.0 Å². The molecule has 0 heterocycles. The summed E-state index contributed by atoms with van der Waals surface area (Å²) >= 11 is 0. The van der Waals surface area contributed by atoms with E-state index in [0.717, 1.165) is 5.56 Å². The number of hydrogen-bond acceptors (Lipinski definition) is 4. The van der Waals surface area contributed by atoms with Crippen molar-refractivity contribution in [1.82, 2.24) is 9.03 Å². The Kier molecular flexibility index (Phi) is 8.95. The topological polar surface area (TPSA) is 84.7 Å². The molecule has 6 nitrogen and oxygen atoms in total. The molecule has 1 unspecified atom stereocenters. The van der Waals surface area contributed by atoms with Gasteiger partial charge < -0.3 is 10.5 Å². The van der Waals surface area contributed by atoms with Crippen LogP contribution in [-0.4, -0.2) is 46.6 Å². The summed E-state index contributed by atoms with van der Waals surface area (Å²) in [5, 5.41) is 0. The van der Waals surface area contributed by atoms with Crippen molar-refractivity contribution >= 4 is 22.6 Å². The van der Waals surface area contributed by atoms with Crippen LogP contribution >= 0.6 is 12.4 Å². The summed E-state index contributed by atoms with van der Waals surface area (Å²) in [6.07, 6.45) is 0. The maximum atomic E-state index is 11.9. The van der Waals surface area contributed by atoms with Crippen LogP contribution in [0.4, 0.5) is 0 Å². The molecule has 0 aliphatic rings. The molecule has 0 saturated carbocycles. The molecule has 0 aliphatic carbocycles. The molecule has 1 atom stereocenters. The third-order valence-electron chi connectivity index (χ3n) is 2.73. The number of benzene rings is 1. The molecule has 3 N–H and O–H groups in total. The van der Waals surface area contributed by atoms with E-state index in [2.05, 4.69) is 4.72 Å². The molecule has 0 amide bonds. The van der Waals surface area contributed by atoms with Gasteiger partial charge in [0.05, 0.1) is 6.61 Å². The van der Waals surface area contributed by atoms with Gasteiger partial charge in [-0.15, -0.1) is 12.4 Å². The number of likely N-dealkylation sites (N-methyl/N-ethyl adjacent to an activating group) is 1. The van der Waals surface area contributed by atoms with Crippen molar-refractivity contribution in [2.24, 2.45) is 5.73 Å². The Morgan fingerprint density at radius 1 is 1.35 bits per heavy atom. The van der Waals surface area contributed by atoms with E-state index < -0.39 is 10.2 Å². The normalized spacial score (nSPS) is 13.0. The lowest BCUT2D eigenvalue weighted by molar-refractivity contribution is 0.184. The van der Waals surface area contributed by atoms with Crippen molar-refractivity contribution in [2.45, 2.75) is 6.04 Å². The highest BCUT2D eigenvalue weighted by atomic mass is 35.5. The zero-order valence-electron chi connectivity index (χ0n) is 11.7. The minimum atomic E-state index is -3.51. The number of methoxy groups -OCH3 is 1. The lowest BCUT2D eigenvalue weighted by Crippen LogP contribution is -2.42. The molecule has 1 rings (SSSR count). The highest BCUT2D eigenvalue weighted by molar-refractivity contribution is 7.87. The Labute approximate surface area is 126 Å². The first kappa shape index (κ1) is 19.3. The Hall–Kier alpha value is -0.700. The number of hydrogen-bond donors (Lipinski definition) is 2. The molecule has 0 aromatic heterocycles. The fraction of sp³-hybridized carbons (Fsp3) is 0.500. The molecule has 0 radical (unpaired) electrons. The monoisotopic (exact) mass is 323 g/mol. The molecular weight excluding hydrogens is 302 g/mol. The molecule has 8 heteroatoms. The first-order valence-electron chi connectivity index (χ1n) is 5.97. The van der Waals surface area contributed by atoms with Crippen LogP contribution in [0.2, 0.25) is 0 Å². The van der Waals surface area contributed by atoms with Crippen LogP contribution in [0.25, 0.3) is 0 Å². The molecular formula is C12H22ClN3O3S. The standard InChI is InChI=1S/C12H21N3O3S.ClH/c1-15(8-9-18-2)19(16,17)14-10-12(13)11-6-4-3-5-7-11;/h3-7,12,14H,8-10,13H2,1-2H3;1H. The second kappa shape index (κ2) is 9.28. The number of nitrogens with one attached hydrogen (secondary N) is 1. The van der Waals surface area contributed by atoms with Crippen LogP contribution in [-0.2, 0) is 14.9 Å². The van der Waals surface area contributed by atoms with Crippen LogP contribution in [0.5, 0.6) is 0 Å². The van der Waals surface area contributed by atoms with Gasteiger partial charge in [0.15, 0.2) is 0 Å². The molecule has 0 aliphatic heterocycles. The van der Waals surface area contributed by atoms with Crippen LogP contribution < -0.4 is 10.5 Å². The molecule has 1 aromatic rings. The summed E-state index contributed by atoms with van der Waals surface area (Å²) in [6, 6.07) is 9.00. The molecule has 0 saturated heterocycles. The maximum Gasteiger partial charge on any atom is 0.279 e. The molecule has 116 valence electrons. The first-order valence-corrected chi connectivity index (χ1v) is 7.41. The summed E-state index contributed by atoms with van der Waals surface area (Å²) < 4.78 is 32.3. The summed E-state index contributed by atoms with van der Waals surface area (Å²) in [7, 11) is -0.490. The quantitative estimate of drug-likeness (QED) is 0.730. The summed E-state index contributed by atoms with van der Waals surface area (Å²) in [5.41, 5.74) is 6.83. The minimum absolute atomic E-state index is 0. The van der Waals surface area contributed by atoms with Gasteiger partial charge in [0.25, 0.3) is 10.2 Å². The Bertz CT molecular complexity index is 470. The number of halogens is 1. The maximum absolute atomic E-state index is 11.9. The van der Waals surface area contributed by atoms with E-state index in [4.69, 9.17) is 10.5 Å². The summed E-state index contributed by atoms with van der Waals surface area (Å²) in [6.45, 7) is 0.804. The van der Waals surface area contributed by atoms with Gasteiger partial charge >= 0.3 is 0 Å². The SMILES string of the molecule is COCCN(C)S(=O)(=O)NCC(N)c1ccccc1.Cl. The number of nitrogens with two attached hydrogens (primary N) is 1. The lowest BCUT2D eigenvalue weighted by atomic mass is 10.1. The van der Waals surface area contributed by atoms with Crippen LogP contribution in [0.1, 0.15) is 11.6 Å². The summed E-state index contributed by atoms with van der Waals surface area (Å²) in [5.74, 6) is 0. The van der Waals surface area contributed by atoms with Crippen molar-refractivity contribution in [3.8, 4) is 0 Å². The molecule has 0 spiro atoms. The smallest absolute Gasteiger partial charge is 0.279 e. The van der Waals surface area contributed by atoms with Gasteiger partial charge in [-0.2, -0.15) is 12.7 Å². The largest absolute Gasteiger partial charge is 0.383 e. The Balaban J connectivity index is 0.00000361. The van der Waals surface area contributed by atoms with E-state index in [1.807, 2.05) is 30.3 Å². The highest BCUT2D eigenvalue weighted by Crippen LogP contribution is 2.08. The average molecular weight is 324 g/mol. The number of rotatable bonds is 8. The van der Waals surface area contributed by atoms with Crippen LogP contribution in [0.3, 0.4) is 0 Å².